The molecule has 2 aromatic rings. The predicted octanol–water partition coefficient (Wildman–Crippen LogP) is 2.07. The fourth-order valence-corrected chi connectivity index (χ4v) is 2.12. The van der Waals surface area contributed by atoms with Gasteiger partial charge in [-0.1, -0.05) is 12.1 Å². The van der Waals surface area contributed by atoms with E-state index in [1.807, 2.05) is 6.07 Å². The van der Waals surface area contributed by atoms with Crippen molar-refractivity contribution in [1.29, 1.82) is 5.26 Å². The van der Waals surface area contributed by atoms with E-state index in [9.17, 15) is 8.42 Å². The van der Waals surface area contributed by atoms with Crippen LogP contribution in [-0.4, -0.2) is 19.7 Å². The van der Waals surface area contributed by atoms with E-state index < -0.39 is 10.0 Å². The summed E-state index contributed by atoms with van der Waals surface area (Å²) in [5, 5.41) is 12.0. The summed E-state index contributed by atoms with van der Waals surface area (Å²) in [5.41, 5.74) is 1.53. The summed E-state index contributed by atoms with van der Waals surface area (Å²) >= 11 is 0. The van der Waals surface area contributed by atoms with Gasteiger partial charge in [-0.25, -0.2) is 13.4 Å². The average Bonchev–Trinajstić information content (AvgIpc) is 2.40. The highest BCUT2D eigenvalue weighted by molar-refractivity contribution is 7.92. The summed E-state index contributed by atoms with van der Waals surface area (Å²) in [7, 11) is -3.31. The highest BCUT2D eigenvalue weighted by Gasteiger charge is 2.04. The van der Waals surface area contributed by atoms with Crippen molar-refractivity contribution in [3.63, 3.8) is 0 Å². The number of hydrogen-bond acceptors (Lipinski definition) is 5. The predicted molar refractivity (Wildman–Crippen MR) is 77.1 cm³/mol. The number of para-hydroxylation sites is 1. The maximum atomic E-state index is 11.1. The Hall–Kier alpha value is -2.59. The molecular weight excluding hydrogens is 276 g/mol. The molecule has 0 aliphatic carbocycles. The lowest BCUT2D eigenvalue weighted by Gasteiger charge is -2.08. The Balaban J connectivity index is 2.17. The van der Waals surface area contributed by atoms with Gasteiger partial charge in [0, 0.05) is 0 Å². The van der Waals surface area contributed by atoms with Gasteiger partial charge in [-0.3, -0.25) is 4.72 Å². The van der Waals surface area contributed by atoms with Crippen molar-refractivity contribution in [2.45, 2.75) is 0 Å². The van der Waals surface area contributed by atoms with Gasteiger partial charge in [0.1, 0.15) is 11.9 Å². The molecule has 6 nitrogen and oxygen atoms in total. The van der Waals surface area contributed by atoms with Gasteiger partial charge in [0.15, 0.2) is 0 Å². The van der Waals surface area contributed by atoms with Crippen molar-refractivity contribution in [1.82, 2.24) is 4.98 Å². The summed E-state index contributed by atoms with van der Waals surface area (Å²) in [4.78, 5) is 4.09. The molecule has 0 aliphatic rings. The second kappa shape index (κ2) is 5.59. The van der Waals surface area contributed by atoms with Crippen LogP contribution < -0.4 is 10.0 Å². The van der Waals surface area contributed by atoms with E-state index in [-0.39, 0.29) is 0 Å². The molecule has 0 saturated carbocycles. The van der Waals surface area contributed by atoms with Crippen LogP contribution in [0.2, 0.25) is 0 Å². The monoisotopic (exact) mass is 288 g/mol. The maximum absolute atomic E-state index is 11.1. The maximum Gasteiger partial charge on any atom is 0.229 e. The number of nitrogens with one attached hydrogen (secondary N) is 2. The summed E-state index contributed by atoms with van der Waals surface area (Å²) in [6.07, 6.45) is 2.47. The molecule has 2 N–H and O–H groups in total. The van der Waals surface area contributed by atoms with Crippen molar-refractivity contribution in [3.05, 3.63) is 48.2 Å². The van der Waals surface area contributed by atoms with E-state index in [2.05, 4.69) is 21.1 Å². The summed E-state index contributed by atoms with van der Waals surface area (Å²) < 4.78 is 24.5. The number of pyridine rings is 1. The van der Waals surface area contributed by atoms with Crippen LogP contribution in [0.3, 0.4) is 0 Å². The van der Waals surface area contributed by atoms with Gasteiger partial charge >= 0.3 is 0 Å². The minimum Gasteiger partial charge on any atom is -0.339 e. The van der Waals surface area contributed by atoms with E-state index in [0.717, 1.165) is 6.26 Å². The van der Waals surface area contributed by atoms with Gasteiger partial charge in [-0.2, -0.15) is 5.26 Å². The second-order valence-electron chi connectivity index (χ2n) is 4.09. The van der Waals surface area contributed by atoms with Crippen LogP contribution in [0.25, 0.3) is 0 Å². The third-order valence-electron chi connectivity index (χ3n) is 2.38. The van der Waals surface area contributed by atoms with Crippen molar-refractivity contribution in [3.8, 4) is 6.07 Å². The van der Waals surface area contributed by atoms with Gasteiger partial charge in [0.2, 0.25) is 10.0 Å². The average molecular weight is 288 g/mol. The summed E-state index contributed by atoms with van der Waals surface area (Å²) in [6, 6.07) is 12.3. The first kappa shape index (κ1) is 13.8. The molecule has 1 heterocycles. The highest BCUT2D eigenvalue weighted by Crippen LogP contribution is 2.19. The quantitative estimate of drug-likeness (QED) is 0.898. The molecule has 0 atom stereocenters. The molecule has 0 spiro atoms. The van der Waals surface area contributed by atoms with Crippen LogP contribution in [0.15, 0.2) is 42.6 Å². The van der Waals surface area contributed by atoms with E-state index in [1.165, 1.54) is 6.20 Å². The van der Waals surface area contributed by atoms with Gasteiger partial charge in [0.05, 0.1) is 29.4 Å². The number of nitriles is 1. The zero-order valence-electron chi connectivity index (χ0n) is 10.7. The van der Waals surface area contributed by atoms with Crippen molar-refractivity contribution >= 4 is 27.2 Å². The molecule has 102 valence electrons. The molecule has 7 heteroatoms. The largest absolute Gasteiger partial charge is 0.339 e. The molecule has 0 unspecified atom stereocenters. The third kappa shape index (κ3) is 3.70. The second-order valence-corrected chi connectivity index (χ2v) is 5.84. The minimum absolute atomic E-state index is 0.381. The zero-order valence-corrected chi connectivity index (χ0v) is 11.5. The van der Waals surface area contributed by atoms with Crippen LogP contribution in [0.1, 0.15) is 5.56 Å². The molecule has 0 amide bonds. The SMILES string of the molecule is CS(=O)(=O)Nc1ccc(Nc2ccccc2C#N)nc1. The number of sulfonamides is 1. The lowest BCUT2D eigenvalue weighted by Crippen LogP contribution is -2.09. The van der Waals surface area contributed by atoms with E-state index in [1.54, 1.807) is 30.3 Å². The fourth-order valence-electron chi connectivity index (χ4n) is 1.57. The first-order chi connectivity index (χ1) is 9.48. The zero-order chi connectivity index (χ0) is 14.6. The van der Waals surface area contributed by atoms with Gasteiger partial charge < -0.3 is 5.32 Å². The Morgan fingerprint density at radius 3 is 2.55 bits per heavy atom. The van der Waals surface area contributed by atoms with Crippen molar-refractivity contribution in [2.75, 3.05) is 16.3 Å². The van der Waals surface area contributed by atoms with E-state index in [4.69, 9.17) is 5.26 Å². The van der Waals surface area contributed by atoms with Crippen molar-refractivity contribution in [2.24, 2.45) is 0 Å². The summed E-state index contributed by atoms with van der Waals surface area (Å²) in [6.45, 7) is 0. The van der Waals surface area contributed by atoms with E-state index in [0.29, 0.717) is 22.8 Å². The van der Waals surface area contributed by atoms with Crippen molar-refractivity contribution < 1.29 is 8.42 Å². The number of nitrogens with zero attached hydrogens (tertiary/aromatic N) is 2. The molecule has 2 rings (SSSR count). The smallest absolute Gasteiger partial charge is 0.229 e. The first-order valence-corrected chi connectivity index (χ1v) is 7.57. The molecule has 0 bridgehead atoms. The van der Waals surface area contributed by atoms with E-state index >= 15 is 0 Å². The van der Waals surface area contributed by atoms with Crippen LogP contribution in [-0.2, 0) is 10.0 Å². The van der Waals surface area contributed by atoms with Crippen LogP contribution >= 0.6 is 0 Å². The molecule has 0 fully saturated rings. The number of hydrogen-bond donors (Lipinski definition) is 2. The van der Waals surface area contributed by atoms with Crippen LogP contribution in [0.4, 0.5) is 17.2 Å². The molecule has 0 radical (unpaired) electrons. The Morgan fingerprint density at radius 2 is 1.95 bits per heavy atom. The minimum atomic E-state index is -3.31. The lowest BCUT2D eigenvalue weighted by atomic mass is 10.2. The molecule has 1 aromatic carbocycles. The lowest BCUT2D eigenvalue weighted by molar-refractivity contribution is 0.607. The number of benzene rings is 1. The van der Waals surface area contributed by atoms with Gasteiger partial charge in [0.25, 0.3) is 0 Å². The first-order valence-electron chi connectivity index (χ1n) is 5.68. The Morgan fingerprint density at radius 1 is 1.20 bits per heavy atom. The summed E-state index contributed by atoms with van der Waals surface area (Å²) in [5.74, 6) is 0.520. The standard InChI is InChI=1S/C13H12N4O2S/c1-20(18,19)17-11-6-7-13(15-9-11)16-12-5-3-2-4-10(12)8-14/h2-7,9,17H,1H3,(H,15,16). The molecule has 0 saturated heterocycles. The number of aromatic nitrogens is 1. The Kier molecular flexibility index (Phi) is 3.86. The normalized spacial score (nSPS) is 10.6. The Labute approximate surface area is 117 Å². The topological polar surface area (TPSA) is 94.9 Å². The van der Waals surface area contributed by atoms with Gasteiger partial charge in [-0.05, 0) is 24.3 Å². The highest BCUT2D eigenvalue weighted by atomic mass is 32.2. The number of rotatable bonds is 4. The number of anilines is 3. The molecule has 1 aromatic heterocycles. The third-order valence-corrected chi connectivity index (χ3v) is 2.98. The molecule has 20 heavy (non-hydrogen) atoms. The Bertz CT molecular complexity index is 749. The molecular formula is C13H12N4O2S. The van der Waals surface area contributed by atoms with Gasteiger partial charge in [-0.15, -0.1) is 0 Å². The fraction of sp³-hybridized carbons (Fsp3) is 0.0769. The molecule has 0 aliphatic heterocycles. The van der Waals surface area contributed by atoms with Crippen LogP contribution in [0, 0.1) is 11.3 Å². The van der Waals surface area contributed by atoms with Crippen LogP contribution in [0.5, 0.6) is 0 Å².